The Hall–Kier alpha value is -3.49. The van der Waals surface area contributed by atoms with Crippen molar-refractivity contribution in [2.24, 2.45) is 4.99 Å². The SMILES string of the molecule is CCOc1ccc([C@@H]2C(C(=O)OC)=CN=c3s/c(=C/c4cc(Br)cc(I)c4OCc4ccc(F)cc4)c(=O)n32)cc1OCC. The van der Waals surface area contributed by atoms with E-state index >= 15 is 0 Å². The lowest BCUT2D eigenvalue weighted by Crippen LogP contribution is -2.39. The third-order valence-electron chi connectivity index (χ3n) is 6.63. The maximum Gasteiger partial charge on any atom is 0.337 e. The summed E-state index contributed by atoms with van der Waals surface area (Å²) < 4.78 is 39.7. The summed E-state index contributed by atoms with van der Waals surface area (Å²) in [5.74, 6) is 0.714. The predicted octanol–water partition coefficient (Wildman–Crippen LogP) is 5.90. The number of benzene rings is 3. The first-order chi connectivity index (χ1) is 21.2. The van der Waals surface area contributed by atoms with E-state index in [0.717, 1.165) is 13.6 Å². The molecule has 0 unspecified atom stereocenters. The summed E-state index contributed by atoms with van der Waals surface area (Å²) in [7, 11) is 1.29. The van der Waals surface area contributed by atoms with E-state index in [4.69, 9.17) is 18.9 Å². The van der Waals surface area contributed by atoms with Crippen molar-refractivity contribution >= 4 is 61.9 Å². The molecule has 0 saturated heterocycles. The largest absolute Gasteiger partial charge is 0.490 e. The van der Waals surface area contributed by atoms with Gasteiger partial charge in [-0.15, -0.1) is 0 Å². The van der Waals surface area contributed by atoms with E-state index in [1.807, 2.05) is 26.0 Å². The molecular formula is C32H27BrFIN2O6S. The van der Waals surface area contributed by atoms with Gasteiger partial charge in [0.15, 0.2) is 16.3 Å². The number of methoxy groups -OCH3 is 1. The molecule has 0 aliphatic carbocycles. The molecule has 12 heteroatoms. The molecule has 0 spiro atoms. The highest BCUT2D eigenvalue weighted by Crippen LogP contribution is 2.35. The topological polar surface area (TPSA) is 88.4 Å². The second kappa shape index (κ2) is 14.1. The van der Waals surface area contributed by atoms with Crippen molar-refractivity contribution in [3.63, 3.8) is 0 Å². The Bertz CT molecular complexity index is 1920. The fraction of sp³-hybridized carbons (Fsp3) is 0.219. The highest BCUT2D eigenvalue weighted by Gasteiger charge is 2.31. The average molecular weight is 793 g/mol. The van der Waals surface area contributed by atoms with E-state index in [1.165, 1.54) is 41.3 Å². The molecule has 0 N–H and O–H groups in total. The number of rotatable bonds is 10. The summed E-state index contributed by atoms with van der Waals surface area (Å²) >= 11 is 6.92. The van der Waals surface area contributed by atoms with E-state index in [1.54, 1.807) is 36.4 Å². The second-order valence-electron chi connectivity index (χ2n) is 9.47. The van der Waals surface area contributed by atoms with Crippen LogP contribution in [0.1, 0.15) is 36.6 Å². The minimum atomic E-state index is -0.812. The number of carbonyl (C=O) groups is 1. The second-order valence-corrected chi connectivity index (χ2v) is 12.6. The Morgan fingerprint density at radius 3 is 2.50 bits per heavy atom. The van der Waals surface area contributed by atoms with Gasteiger partial charge in [-0.25, -0.2) is 14.2 Å². The zero-order valence-electron chi connectivity index (χ0n) is 23.9. The van der Waals surface area contributed by atoms with Crippen molar-refractivity contribution in [3.8, 4) is 17.2 Å². The van der Waals surface area contributed by atoms with Gasteiger partial charge >= 0.3 is 5.97 Å². The van der Waals surface area contributed by atoms with E-state index in [0.29, 0.717) is 50.9 Å². The van der Waals surface area contributed by atoms with Gasteiger partial charge in [-0.05, 0) is 90.0 Å². The summed E-state index contributed by atoms with van der Waals surface area (Å²) in [5, 5.41) is 0. The van der Waals surface area contributed by atoms with Gasteiger partial charge in [-0.3, -0.25) is 9.36 Å². The summed E-state index contributed by atoms with van der Waals surface area (Å²) in [4.78, 5) is 31.9. The molecule has 0 amide bonds. The molecule has 8 nitrogen and oxygen atoms in total. The minimum Gasteiger partial charge on any atom is -0.490 e. The highest BCUT2D eigenvalue weighted by atomic mass is 127. The van der Waals surface area contributed by atoms with Crippen molar-refractivity contribution < 1.29 is 28.1 Å². The summed E-state index contributed by atoms with van der Waals surface area (Å²) in [6.07, 6.45) is 3.20. The highest BCUT2D eigenvalue weighted by molar-refractivity contribution is 14.1. The van der Waals surface area contributed by atoms with Crippen LogP contribution in [0.2, 0.25) is 0 Å². The van der Waals surface area contributed by atoms with E-state index in [2.05, 4.69) is 43.5 Å². The van der Waals surface area contributed by atoms with Crippen LogP contribution >= 0.6 is 49.9 Å². The number of fused-ring (bicyclic) bond motifs is 1. The molecular weight excluding hydrogens is 766 g/mol. The lowest BCUT2D eigenvalue weighted by molar-refractivity contribution is -0.136. The van der Waals surface area contributed by atoms with Crippen LogP contribution in [0.25, 0.3) is 6.08 Å². The summed E-state index contributed by atoms with van der Waals surface area (Å²) in [6, 6.07) is 14.4. The predicted molar refractivity (Wildman–Crippen MR) is 178 cm³/mol. The number of esters is 1. The number of thiazole rings is 1. The lowest BCUT2D eigenvalue weighted by atomic mass is 9.97. The normalized spacial score (nSPS) is 14.4. The molecule has 1 atom stereocenters. The molecule has 1 aliphatic rings. The van der Waals surface area contributed by atoms with Crippen molar-refractivity contribution in [2.75, 3.05) is 20.3 Å². The first-order valence-electron chi connectivity index (χ1n) is 13.6. The van der Waals surface area contributed by atoms with Crippen LogP contribution in [0.15, 0.2) is 80.6 Å². The molecule has 3 aromatic carbocycles. The minimum absolute atomic E-state index is 0.207. The van der Waals surface area contributed by atoms with Gasteiger partial charge in [-0.2, -0.15) is 0 Å². The van der Waals surface area contributed by atoms with Crippen LogP contribution < -0.4 is 29.1 Å². The van der Waals surface area contributed by atoms with Crippen LogP contribution in [0.4, 0.5) is 4.39 Å². The average Bonchev–Trinajstić information content (AvgIpc) is 3.32. The fourth-order valence-electron chi connectivity index (χ4n) is 4.70. The first kappa shape index (κ1) is 31.9. The number of nitrogens with zero attached hydrogens (tertiary/aromatic N) is 2. The molecule has 0 radical (unpaired) electrons. The van der Waals surface area contributed by atoms with Crippen LogP contribution in [-0.2, 0) is 16.1 Å². The molecule has 5 rings (SSSR count). The van der Waals surface area contributed by atoms with Crippen molar-refractivity contribution in [1.29, 1.82) is 0 Å². The van der Waals surface area contributed by atoms with Gasteiger partial charge in [0.25, 0.3) is 5.56 Å². The van der Waals surface area contributed by atoms with Crippen LogP contribution in [0.3, 0.4) is 0 Å². The first-order valence-corrected chi connectivity index (χ1v) is 16.3. The van der Waals surface area contributed by atoms with Crippen LogP contribution in [-0.4, -0.2) is 30.9 Å². The van der Waals surface area contributed by atoms with Gasteiger partial charge < -0.3 is 18.9 Å². The molecule has 44 heavy (non-hydrogen) atoms. The molecule has 0 fully saturated rings. The van der Waals surface area contributed by atoms with E-state index in [-0.39, 0.29) is 23.6 Å². The standard InChI is InChI=1S/C32H27BrFIN2O6S/c1-4-41-25-11-8-19(13-26(25)42-5-2)28-23(31(39)40-3)16-36-32-37(28)30(38)27(44-32)14-20-12-21(33)15-24(35)29(20)43-17-18-6-9-22(34)10-7-18/h6-16,28H,4-5,17H2,1-3H3/b27-14+/t28-/m1/s1. The number of halogens is 3. The number of carbonyl (C=O) groups excluding carboxylic acids is 1. The number of hydrogen-bond acceptors (Lipinski definition) is 8. The molecule has 228 valence electrons. The number of aromatic nitrogens is 1. The molecule has 0 saturated carbocycles. The Labute approximate surface area is 278 Å². The smallest absolute Gasteiger partial charge is 0.337 e. The van der Waals surface area contributed by atoms with Gasteiger partial charge in [0.05, 0.1) is 40.0 Å². The van der Waals surface area contributed by atoms with Crippen LogP contribution in [0.5, 0.6) is 17.2 Å². The molecule has 0 bridgehead atoms. The van der Waals surface area contributed by atoms with Crippen LogP contribution in [0, 0.1) is 9.39 Å². The van der Waals surface area contributed by atoms with Crippen molar-refractivity contribution in [3.05, 3.63) is 117 Å². The summed E-state index contributed by atoms with van der Waals surface area (Å²) in [5.41, 5.74) is 1.97. The van der Waals surface area contributed by atoms with Crippen molar-refractivity contribution in [1.82, 2.24) is 4.57 Å². The Kier molecular flexibility index (Phi) is 10.2. The van der Waals surface area contributed by atoms with E-state index < -0.39 is 12.0 Å². The Morgan fingerprint density at radius 2 is 1.80 bits per heavy atom. The molecule has 1 aliphatic heterocycles. The van der Waals surface area contributed by atoms with Gasteiger partial charge in [0, 0.05) is 16.2 Å². The zero-order chi connectivity index (χ0) is 31.4. The molecule has 2 heterocycles. The number of hydrogen-bond donors (Lipinski definition) is 0. The maximum atomic E-state index is 14.1. The molecule has 4 aromatic rings. The Balaban J connectivity index is 1.62. The quantitative estimate of drug-likeness (QED) is 0.147. The van der Waals surface area contributed by atoms with Gasteiger partial charge in [0.1, 0.15) is 18.2 Å². The lowest BCUT2D eigenvalue weighted by Gasteiger charge is -2.23. The Morgan fingerprint density at radius 1 is 1.07 bits per heavy atom. The van der Waals surface area contributed by atoms with Crippen molar-refractivity contribution in [2.45, 2.75) is 26.5 Å². The van der Waals surface area contributed by atoms with Gasteiger partial charge in [-0.1, -0.05) is 45.5 Å². The zero-order valence-corrected chi connectivity index (χ0v) is 28.5. The third kappa shape index (κ3) is 6.76. The molecule has 1 aromatic heterocycles. The third-order valence-corrected chi connectivity index (χ3v) is 8.88. The monoisotopic (exact) mass is 792 g/mol. The summed E-state index contributed by atoms with van der Waals surface area (Å²) in [6.45, 7) is 4.81. The fourth-order valence-corrected chi connectivity index (χ4v) is 7.37. The number of ether oxygens (including phenoxy) is 4. The van der Waals surface area contributed by atoms with E-state index in [9.17, 15) is 14.0 Å². The maximum absolute atomic E-state index is 14.1. The van der Waals surface area contributed by atoms with Gasteiger partial charge in [0.2, 0.25) is 0 Å².